The van der Waals surface area contributed by atoms with Gasteiger partial charge in [-0.05, 0) is 51.7 Å². The summed E-state index contributed by atoms with van der Waals surface area (Å²) < 4.78 is 5.15. The van der Waals surface area contributed by atoms with Crippen LogP contribution in [-0.4, -0.2) is 67.7 Å². The van der Waals surface area contributed by atoms with Crippen molar-refractivity contribution in [2.45, 2.75) is 51.5 Å². The highest BCUT2D eigenvalue weighted by Gasteiger charge is 2.33. The lowest BCUT2D eigenvalue weighted by atomic mass is 9.99. The van der Waals surface area contributed by atoms with Gasteiger partial charge in [0.15, 0.2) is 5.90 Å². The molecule has 0 saturated heterocycles. The molecule has 3 atom stereocenters. The zero-order chi connectivity index (χ0) is 22.5. The summed E-state index contributed by atoms with van der Waals surface area (Å²) in [4.78, 5) is 13.4. The Morgan fingerprint density at radius 3 is 3.00 bits per heavy atom. The summed E-state index contributed by atoms with van der Waals surface area (Å²) in [7, 11) is 1.64. The number of nitrogens with one attached hydrogen (secondary N) is 2. The Hall–Kier alpha value is -1.82. The second-order valence-corrected chi connectivity index (χ2v) is 9.29. The molecule has 2 rings (SSSR count). The molecule has 0 aromatic heterocycles. The number of allylic oxidation sites excluding steroid dienone is 1. The third-order valence-corrected chi connectivity index (χ3v) is 6.13. The van der Waals surface area contributed by atoms with Crippen molar-refractivity contribution in [2.24, 2.45) is 26.8 Å². The van der Waals surface area contributed by atoms with E-state index in [9.17, 15) is 5.11 Å². The first kappa shape index (κ1) is 25.4. The van der Waals surface area contributed by atoms with Crippen LogP contribution in [0.3, 0.4) is 0 Å². The normalized spacial score (nSPS) is 24.9. The second-order valence-electron chi connectivity index (χ2n) is 8.31. The molecule has 3 unspecified atom stereocenters. The molecule has 0 radical (unpaired) electrons. The maximum atomic E-state index is 9.39. The predicted molar refractivity (Wildman–Crippen MR) is 132 cm³/mol. The maximum Gasteiger partial charge on any atom is 0.218 e. The topological polar surface area (TPSA) is 90.6 Å². The molecule has 0 aromatic rings. The molecular weight excluding hydrogens is 410 g/mol. The third-order valence-electron chi connectivity index (χ3n) is 5.51. The third kappa shape index (κ3) is 9.46. The molecular formula is C23H37N5O2S. The first-order valence-electron chi connectivity index (χ1n) is 11.0. The van der Waals surface area contributed by atoms with Gasteiger partial charge in [-0.15, -0.1) is 0 Å². The molecule has 1 heterocycles. The van der Waals surface area contributed by atoms with E-state index in [-0.39, 0.29) is 18.1 Å². The van der Waals surface area contributed by atoms with Crippen LogP contribution in [0.4, 0.5) is 0 Å². The molecule has 0 amide bonds. The van der Waals surface area contributed by atoms with E-state index < -0.39 is 0 Å². The van der Waals surface area contributed by atoms with Gasteiger partial charge in [0.1, 0.15) is 0 Å². The first-order valence-corrected chi connectivity index (χ1v) is 12.4. The largest absolute Gasteiger partial charge is 0.484 e. The van der Waals surface area contributed by atoms with E-state index in [0.717, 1.165) is 55.9 Å². The van der Waals surface area contributed by atoms with Gasteiger partial charge < -0.3 is 15.2 Å². The standard InChI is InChI=1S/C23H37N5O2S/c1-18(5-6-19-7-8-21(30-3)25-15-19)14-26-22(24-11-12-31-4)27-17-28-23(2)10-9-20(13-23)16-29/h14-15,18,20,28-29H,7-13,16-17H2,1-4H3,(H,24,27). The Morgan fingerprint density at radius 1 is 1.52 bits per heavy atom. The van der Waals surface area contributed by atoms with Gasteiger partial charge in [-0.1, -0.05) is 11.8 Å². The van der Waals surface area contributed by atoms with Crippen molar-refractivity contribution in [3.05, 3.63) is 11.8 Å². The van der Waals surface area contributed by atoms with Gasteiger partial charge in [0.05, 0.1) is 19.7 Å². The maximum absolute atomic E-state index is 9.39. The summed E-state index contributed by atoms with van der Waals surface area (Å²) in [5.41, 5.74) is 1.05. The van der Waals surface area contributed by atoms with E-state index in [2.05, 4.69) is 50.6 Å². The van der Waals surface area contributed by atoms with Gasteiger partial charge in [-0.2, -0.15) is 11.8 Å². The molecule has 0 aromatic carbocycles. The average Bonchev–Trinajstić information content (AvgIpc) is 3.17. The molecule has 0 spiro atoms. The number of methoxy groups -OCH3 is 1. The van der Waals surface area contributed by atoms with Crippen LogP contribution in [0, 0.1) is 23.7 Å². The number of nitrogens with zero attached hydrogens (tertiary/aromatic N) is 3. The number of aliphatic imine (C=N–C) groups is 3. The second kappa shape index (κ2) is 13.6. The quantitative estimate of drug-likeness (QED) is 0.230. The number of thioether (sulfide) groups is 1. The Balaban J connectivity index is 1.92. The van der Waals surface area contributed by atoms with Crippen LogP contribution in [-0.2, 0) is 4.74 Å². The van der Waals surface area contributed by atoms with Crippen LogP contribution in [0.2, 0.25) is 0 Å². The highest BCUT2D eigenvalue weighted by atomic mass is 32.2. The van der Waals surface area contributed by atoms with E-state index in [1.165, 1.54) is 0 Å². The van der Waals surface area contributed by atoms with Crippen LogP contribution >= 0.6 is 11.8 Å². The molecule has 31 heavy (non-hydrogen) atoms. The number of aliphatic hydroxyl groups is 1. The summed E-state index contributed by atoms with van der Waals surface area (Å²) in [6.07, 6.45) is 10.5. The van der Waals surface area contributed by atoms with Crippen molar-refractivity contribution < 1.29 is 9.84 Å². The number of rotatable bonds is 8. The van der Waals surface area contributed by atoms with Crippen LogP contribution in [0.5, 0.6) is 0 Å². The molecule has 7 nitrogen and oxygen atoms in total. The van der Waals surface area contributed by atoms with E-state index in [4.69, 9.17) is 4.74 Å². The van der Waals surface area contributed by atoms with Gasteiger partial charge in [-0.25, -0.2) is 15.0 Å². The SMILES string of the molecule is COC1=NC=C(C#CC(C)C=NC(=NCNC2(C)CCC(CO)C2)NCCSC)CC1. The molecule has 3 N–H and O–H groups in total. The summed E-state index contributed by atoms with van der Waals surface area (Å²) in [5, 5.41) is 16.2. The molecule has 172 valence electrons. The van der Waals surface area contributed by atoms with Crippen molar-refractivity contribution in [3.63, 3.8) is 0 Å². The first-order chi connectivity index (χ1) is 15.0. The minimum absolute atomic E-state index is 0.00636. The zero-order valence-corrected chi connectivity index (χ0v) is 20.1. The molecule has 1 fully saturated rings. The lowest BCUT2D eigenvalue weighted by Gasteiger charge is -2.25. The van der Waals surface area contributed by atoms with Gasteiger partial charge >= 0.3 is 0 Å². The molecule has 1 saturated carbocycles. The van der Waals surface area contributed by atoms with Crippen molar-refractivity contribution in [3.8, 4) is 11.8 Å². The Bertz CT molecular complexity index is 753. The monoisotopic (exact) mass is 447 g/mol. The van der Waals surface area contributed by atoms with Crippen LogP contribution < -0.4 is 10.6 Å². The molecule has 1 aliphatic carbocycles. The van der Waals surface area contributed by atoms with Gasteiger partial charge in [0.25, 0.3) is 0 Å². The van der Waals surface area contributed by atoms with Crippen LogP contribution in [0.25, 0.3) is 0 Å². The highest BCUT2D eigenvalue weighted by Crippen LogP contribution is 2.33. The number of guanidine groups is 1. The summed E-state index contributed by atoms with van der Waals surface area (Å²) in [6.45, 7) is 5.81. The van der Waals surface area contributed by atoms with Crippen molar-refractivity contribution in [2.75, 3.05) is 38.9 Å². The smallest absolute Gasteiger partial charge is 0.218 e. The number of hydrogen-bond donors (Lipinski definition) is 3. The minimum atomic E-state index is 0.00636. The lowest BCUT2D eigenvalue weighted by Crippen LogP contribution is -2.40. The number of aliphatic hydroxyl groups excluding tert-OH is 1. The summed E-state index contributed by atoms with van der Waals surface area (Å²) >= 11 is 1.78. The van der Waals surface area contributed by atoms with E-state index in [1.807, 2.05) is 13.1 Å². The predicted octanol–water partition coefficient (Wildman–Crippen LogP) is 2.83. The summed E-state index contributed by atoms with van der Waals surface area (Å²) in [5.74, 6) is 9.19. The van der Waals surface area contributed by atoms with E-state index in [1.54, 1.807) is 25.1 Å². The molecule has 2 aliphatic rings. The zero-order valence-electron chi connectivity index (χ0n) is 19.3. The Kier molecular flexibility index (Phi) is 11.1. The van der Waals surface area contributed by atoms with E-state index >= 15 is 0 Å². The van der Waals surface area contributed by atoms with Crippen molar-refractivity contribution >= 4 is 29.8 Å². The fourth-order valence-corrected chi connectivity index (χ4v) is 3.90. The summed E-state index contributed by atoms with van der Waals surface area (Å²) in [6, 6.07) is 0. The Morgan fingerprint density at radius 2 is 2.35 bits per heavy atom. The van der Waals surface area contributed by atoms with E-state index in [0.29, 0.717) is 18.5 Å². The molecule has 8 heteroatoms. The van der Waals surface area contributed by atoms with Crippen molar-refractivity contribution in [1.29, 1.82) is 0 Å². The fraction of sp³-hybridized carbons (Fsp3) is 0.696. The number of hydrogen-bond acceptors (Lipinski definition) is 6. The van der Waals surface area contributed by atoms with Crippen molar-refractivity contribution in [1.82, 2.24) is 10.6 Å². The van der Waals surface area contributed by atoms with Gasteiger partial charge in [0, 0.05) is 48.9 Å². The average molecular weight is 448 g/mol. The minimum Gasteiger partial charge on any atom is -0.484 e. The lowest BCUT2D eigenvalue weighted by molar-refractivity contribution is 0.220. The molecule has 1 aliphatic heterocycles. The number of ether oxygens (including phenoxy) is 1. The highest BCUT2D eigenvalue weighted by molar-refractivity contribution is 7.98. The van der Waals surface area contributed by atoms with Gasteiger partial charge in [-0.3, -0.25) is 5.32 Å². The van der Waals surface area contributed by atoms with Crippen LogP contribution in [0.15, 0.2) is 26.8 Å². The Labute approximate surface area is 191 Å². The van der Waals surface area contributed by atoms with Crippen LogP contribution in [0.1, 0.15) is 46.0 Å². The van der Waals surface area contributed by atoms with Gasteiger partial charge in [0.2, 0.25) is 5.96 Å². The fourth-order valence-electron chi connectivity index (χ4n) is 3.59. The molecule has 0 bridgehead atoms.